The van der Waals surface area contributed by atoms with Crippen molar-refractivity contribution in [3.05, 3.63) is 17.7 Å². The van der Waals surface area contributed by atoms with Crippen molar-refractivity contribution in [1.29, 1.82) is 0 Å². The quantitative estimate of drug-likeness (QED) is 0.664. The summed E-state index contributed by atoms with van der Waals surface area (Å²) in [5, 5.41) is 12.0. The molecule has 0 aliphatic rings. The van der Waals surface area contributed by atoms with Gasteiger partial charge < -0.3 is 25.6 Å². The molecule has 0 fully saturated rings. The third-order valence-corrected chi connectivity index (χ3v) is 3.68. The largest absolute Gasteiger partial charge is 0.497 e. The summed E-state index contributed by atoms with van der Waals surface area (Å²) in [5.41, 5.74) is 6.03. The molecule has 0 saturated carbocycles. The summed E-state index contributed by atoms with van der Waals surface area (Å²) in [6.45, 7) is 3.84. The average Bonchev–Trinajstić information content (AvgIpc) is 2.47. The average molecular weight is 296 g/mol. The van der Waals surface area contributed by atoms with E-state index in [1.54, 1.807) is 12.1 Å². The van der Waals surface area contributed by atoms with Crippen LogP contribution in [0.25, 0.3) is 0 Å². The minimum atomic E-state index is -0.491. The normalized spacial score (nSPS) is 13.4. The number of hydrogen-bond donors (Lipinski definition) is 3. The molecule has 1 amide bonds. The molecule has 0 saturated heterocycles. The monoisotopic (exact) mass is 296 g/mol. The van der Waals surface area contributed by atoms with Gasteiger partial charge in [0.15, 0.2) is 0 Å². The minimum absolute atomic E-state index is 0.00152. The molecule has 0 radical (unpaired) electrons. The summed E-state index contributed by atoms with van der Waals surface area (Å²) in [6.07, 6.45) is 1.16. The SMILES string of the molecule is CCC(C)(CCO)NC(=O)c1cc(OC)cc(OC)c1N. The lowest BCUT2D eigenvalue weighted by Crippen LogP contribution is -2.46. The maximum absolute atomic E-state index is 12.5. The molecule has 0 aromatic heterocycles. The first kappa shape index (κ1) is 17.1. The van der Waals surface area contributed by atoms with E-state index >= 15 is 0 Å². The Balaban J connectivity index is 3.12. The van der Waals surface area contributed by atoms with E-state index in [0.29, 0.717) is 29.9 Å². The van der Waals surface area contributed by atoms with Crippen LogP contribution < -0.4 is 20.5 Å². The highest BCUT2D eigenvalue weighted by Crippen LogP contribution is 2.31. The Labute approximate surface area is 125 Å². The van der Waals surface area contributed by atoms with Gasteiger partial charge in [0.05, 0.1) is 25.5 Å². The maximum Gasteiger partial charge on any atom is 0.254 e. The molecule has 21 heavy (non-hydrogen) atoms. The molecule has 6 nitrogen and oxygen atoms in total. The van der Waals surface area contributed by atoms with Crippen molar-refractivity contribution >= 4 is 11.6 Å². The van der Waals surface area contributed by atoms with Gasteiger partial charge in [-0.25, -0.2) is 0 Å². The van der Waals surface area contributed by atoms with Gasteiger partial charge in [-0.1, -0.05) is 6.92 Å². The number of ether oxygens (including phenoxy) is 2. The van der Waals surface area contributed by atoms with Gasteiger partial charge in [-0.05, 0) is 25.8 Å². The lowest BCUT2D eigenvalue weighted by molar-refractivity contribution is 0.0886. The number of methoxy groups -OCH3 is 2. The highest BCUT2D eigenvalue weighted by Gasteiger charge is 2.26. The van der Waals surface area contributed by atoms with Crippen LogP contribution in [-0.4, -0.2) is 37.4 Å². The van der Waals surface area contributed by atoms with Gasteiger partial charge in [0.25, 0.3) is 5.91 Å². The first-order chi connectivity index (χ1) is 9.90. The van der Waals surface area contributed by atoms with Crippen LogP contribution in [-0.2, 0) is 0 Å². The van der Waals surface area contributed by atoms with Gasteiger partial charge in [-0.15, -0.1) is 0 Å². The number of nitrogens with two attached hydrogens (primary N) is 1. The molecule has 6 heteroatoms. The Morgan fingerprint density at radius 3 is 2.52 bits per heavy atom. The minimum Gasteiger partial charge on any atom is -0.497 e. The highest BCUT2D eigenvalue weighted by molar-refractivity contribution is 6.01. The Morgan fingerprint density at radius 1 is 1.38 bits per heavy atom. The zero-order valence-corrected chi connectivity index (χ0v) is 13.0. The number of rotatable bonds is 7. The van der Waals surface area contributed by atoms with Crippen molar-refractivity contribution in [2.75, 3.05) is 26.6 Å². The molecule has 1 atom stereocenters. The maximum atomic E-state index is 12.5. The Morgan fingerprint density at radius 2 is 2.05 bits per heavy atom. The molecule has 0 heterocycles. The van der Waals surface area contributed by atoms with Crippen molar-refractivity contribution < 1.29 is 19.4 Å². The molecule has 118 valence electrons. The van der Waals surface area contributed by atoms with E-state index in [1.165, 1.54) is 14.2 Å². The number of nitrogen functional groups attached to an aromatic ring is 1. The van der Waals surface area contributed by atoms with Crippen molar-refractivity contribution in [1.82, 2.24) is 5.32 Å². The molecular weight excluding hydrogens is 272 g/mol. The van der Waals surface area contributed by atoms with Gasteiger partial charge in [0.2, 0.25) is 0 Å². The molecule has 0 aliphatic carbocycles. The number of anilines is 1. The van der Waals surface area contributed by atoms with E-state index in [1.807, 2.05) is 13.8 Å². The van der Waals surface area contributed by atoms with Gasteiger partial charge in [-0.3, -0.25) is 4.79 Å². The molecule has 1 aromatic rings. The van der Waals surface area contributed by atoms with Crippen molar-refractivity contribution in [2.24, 2.45) is 0 Å². The number of hydrogen-bond acceptors (Lipinski definition) is 5. The predicted octanol–water partition coefficient (Wildman–Crippen LogP) is 1.57. The first-order valence-corrected chi connectivity index (χ1v) is 6.85. The predicted molar refractivity (Wildman–Crippen MR) is 81.8 cm³/mol. The van der Waals surface area contributed by atoms with E-state index in [9.17, 15) is 4.79 Å². The Hall–Kier alpha value is -1.95. The zero-order chi connectivity index (χ0) is 16.0. The van der Waals surface area contributed by atoms with Crippen LogP contribution in [0.2, 0.25) is 0 Å². The number of benzene rings is 1. The molecule has 1 aromatic carbocycles. The summed E-state index contributed by atoms with van der Waals surface area (Å²) in [5.74, 6) is 0.564. The Bertz CT molecular complexity index is 505. The van der Waals surface area contributed by atoms with Gasteiger partial charge in [0, 0.05) is 18.2 Å². The lowest BCUT2D eigenvalue weighted by atomic mass is 9.94. The smallest absolute Gasteiger partial charge is 0.254 e. The van der Waals surface area contributed by atoms with E-state index in [0.717, 1.165) is 0 Å². The molecule has 0 bridgehead atoms. The van der Waals surface area contributed by atoms with Crippen molar-refractivity contribution in [3.63, 3.8) is 0 Å². The fraction of sp³-hybridized carbons (Fsp3) is 0.533. The van der Waals surface area contributed by atoms with Crippen LogP contribution in [0, 0.1) is 0 Å². The van der Waals surface area contributed by atoms with Gasteiger partial charge >= 0.3 is 0 Å². The fourth-order valence-corrected chi connectivity index (χ4v) is 1.99. The van der Waals surface area contributed by atoms with Crippen LogP contribution in [0.5, 0.6) is 11.5 Å². The standard InChI is InChI=1S/C15H24N2O4/c1-5-15(2,6-7-18)17-14(19)11-8-10(20-3)9-12(21-4)13(11)16/h8-9,18H,5-7,16H2,1-4H3,(H,17,19). The van der Waals surface area contributed by atoms with E-state index in [4.69, 9.17) is 20.3 Å². The highest BCUT2D eigenvalue weighted by atomic mass is 16.5. The summed E-state index contributed by atoms with van der Waals surface area (Å²) in [4.78, 5) is 12.5. The van der Waals surface area contributed by atoms with Gasteiger partial charge in [0.1, 0.15) is 11.5 Å². The number of aliphatic hydroxyl groups is 1. The number of nitrogens with one attached hydrogen (secondary N) is 1. The van der Waals surface area contributed by atoms with Crippen molar-refractivity contribution in [3.8, 4) is 11.5 Å². The van der Waals surface area contributed by atoms with E-state index < -0.39 is 5.54 Å². The second kappa shape index (κ2) is 7.17. The summed E-state index contributed by atoms with van der Waals surface area (Å²) in [6, 6.07) is 3.20. The van der Waals surface area contributed by atoms with Crippen molar-refractivity contribution in [2.45, 2.75) is 32.2 Å². The van der Waals surface area contributed by atoms with Crippen LogP contribution in [0.4, 0.5) is 5.69 Å². The second-order valence-corrected chi connectivity index (χ2v) is 5.13. The van der Waals surface area contributed by atoms with Crippen LogP contribution in [0.3, 0.4) is 0 Å². The summed E-state index contributed by atoms with van der Waals surface area (Å²) in [7, 11) is 2.99. The molecule has 1 unspecified atom stereocenters. The zero-order valence-electron chi connectivity index (χ0n) is 13.0. The summed E-state index contributed by atoms with van der Waals surface area (Å²) < 4.78 is 10.3. The van der Waals surface area contributed by atoms with Crippen LogP contribution in [0.15, 0.2) is 12.1 Å². The number of amides is 1. The number of aliphatic hydroxyl groups excluding tert-OH is 1. The van der Waals surface area contributed by atoms with Gasteiger partial charge in [-0.2, -0.15) is 0 Å². The Kier molecular flexibility index (Phi) is 5.84. The number of carbonyl (C=O) groups excluding carboxylic acids is 1. The third kappa shape index (κ3) is 4.01. The fourth-order valence-electron chi connectivity index (χ4n) is 1.99. The number of carbonyl (C=O) groups is 1. The second-order valence-electron chi connectivity index (χ2n) is 5.13. The summed E-state index contributed by atoms with van der Waals surface area (Å²) >= 11 is 0. The van der Waals surface area contributed by atoms with E-state index in [2.05, 4.69) is 5.32 Å². The van der Waals surface area contributed by atoms with Crippen LogP contribution in [0.1, 0.15) is 37.0 Å². The molecule has 0 aliphatic heterocycles. The molecule has 4 N–H and O–H groups in total. The van der Waals surface area contributed by atoms with E-state index in [-0.39, 0.29) is 18.2 Å². The molecule has 1 rings (SSSR count). The molecular formula is C15H24N2O4. The topological polar surface area (TPSA) is 93.8 Å². The van der Waals surface area contributed by atoms with Crippen LogP contribution >= 0.6 is 0 Å². The first-order valence-electron chi connectivity index (χ1n) is 6.85. The molecule has 0 spiro atoms. The third-order valence-electron chi connectivity index (χ3n) is 3.68. The lowest BCUT2D eigenvalue weighted by Gasteiger charge is -2.29.